The Balaban J connectivity index is 2.50. The second-order valence-electron chi connectivity index (χ2n) is 7.76. The first-order chi connectivity index (χ1) is 16.6. The normalized spacial score (nSPS) is 12.7. The van der Waals surface area contributed by atoms with Crippen LogP contribution in [0.1, 0.15) is 25.0 Å². The molecule has 1 N–H and O–H groups in total. The molecule has 0 heterocycles. The number of hydrogen-bond acceptors (Lipinski definition) is 4. The maximum atomic E-state index is 13.4. The molecule has 2 aromatic carbocycles. The largest absolute Gasteiger partial charge is 0.417 e. The van der Waals surface area contributed by atoms with Crippen LogP contribution in [0.25, 0.3) is 0 Å². The Morgan fingerprint density at radius 1 is 1.06 bits per heavy atom. The van der Waals surface area contributed by atoms with Gasteiger partial charge in [-0.15, -0.1) is 0 Å². The summed E-state index contributed by atoms with van der Waals surface area (Å²) in [7, 11) is -4.23. The van der Waals surface area contributed by atoms with Gasteiger partial charge in [0.2, 0.25) is 21.8 Å². The van der Waals surface area contributed by atoms with Gasteiger partial charge in [0.15, 0.2) is 0 Å². The molecule has 0 fully saturated rings. The third-order valence-corrected chi connectivity index (χ3v) is 7.15. The number of halogens is 6. The number of hydrogen-bond donors (Lipinski definition) is 1. The molecule has 0 aliphatic carbocycles. The molecule has 2 amide bonds. The van der Waals surface area contributed by atoms with Crippen LogP contribution in [0, 0.1) is 0 Å². The summed E-state index contributed by atoms with van der Waals surface area (Å²) in [6, 6.07) is 5.93. The number of carbonyl (C=O) groups excluding carboxylic acids is 2. The molecule has 1 atom stereocenters. The van der Waals surface area contributed by atoms with E-state index in [2.05, 4.69) is 5.32 Å². The maximum Gasteiger partial charge on any atom is 0.417 e. The molecule has 0 saturated carbocycles. The van der Waals surface area contributed by atoms with Crippen LogP contribution in [0.3, 0.4) is 0 Å². The zero-order chi connectivity index (χ0) is 27.4. The lowest BCUT2D eigenvalue weighted by atomic mass is 10.1. The van der Waals surface area contributed by atoms with E-state index in [1.54, 1.807) is 13.0 Å². The summed E-state index contributed by atoms with van der Waals surface area (Å²) in [4.78, 5) is 27.0. The van der Waals surface area contributed by atoms with E-state index >= 15 is 0 Å². The predicted octanol–water partition coefficient (Wildman–Crippen LogP) is 4.99. The van der Waals surface area contributed by atoms with Crippen molar-refractivity contribution in [1.29, 1.82) is 0 Å². The van der Waals surface area contributed by atoms with Crippen molar-refractivity contribution in [2.75, 3.05) is 23.7 Å². The van der Waals surface area contributed by atoms with Gasteiger partial charge >= 0.3 is 6.18 Å². The summed E-state index contributed by atoms with van der Waals surface area (Å²) >= 11 is 17.8. The van der Waals surface area contributed by atoms with Crippen molar-refractivity contribution in [3.05, 3.63) is 62.6 Å². The van der Waals surface area contributed by atoms with Gasteiger partial charge in [0.05, 0.1) is 22.5 Å². The van der Waals surface area contributed by atoms with E-state index in [9.17, 15) is 31.2 Å². The average Bonchev–Trinajstić information content (AvgIpc) is 2.75. The molecule has 14 heteroatoms. The van der Waals surface area contributed by atoms with Gasteiger partial charge in [-0.25, -0.2) is 8.42 Å². The summed E-state index contributed by atoms with van der Waals surface area (Å²) < 4.78 is 65.6. The minimum atomic E-state index is -4.86. The number of carbonyl (C=O) groups is 2. The smallest absolute Gasteiger partial charge is 0.355 e. The van der Waals surface area contributed by atoms with E-state index in [0.717, 1.165) is 23.3 Å². The quantitative estimate of drug-likeness (QED) is 0.448. The minimum Gasteiger partial charge on any atom is -0.355 e. The Morgan fingerprint density at radius 2 is 1.69 bits per heavy atom. The fraction of sp³-hybridized carbons (Fsp3) is 0.364. The molecule has 36 heavy (non-hydrogen) atoms. The van der Waals surface area contributed by atoms with Crippen molar-refractivity contribution in [2.24, 2.45) is 0 Å². The molecule has 2 rings (SSSR count). The van der Waals surface area contributed by atoms with Crippen molar-refractivity contribution in [3.63, 3.8) is 0 Å². The number of likely N-dealkylation sites (N-methyl/N-ethyl adjacent to an activating group) is 1. The molecular formula is C22H23Cl3F3N3O4S. The van der Waals surface area contributed by atoms with Crippen molar-refractivity contribution in [2.45, 2.75) is 32.6 Å². The van der Waals surface area contributed by atoms with Gasteiger partial charge in [0, 0.05) is 23.1 Å². The van der Waals surface area contributed by atoms with E-state index in [1.807, 2.05) is 0 Å². The molecule has 0 radical (unpaired) electrons. The van der Waals surface area contributed by atoms with Gasteiger partial charge in [0.25, 0.3) is 0 Å². The Bertz CT molecular complexity index is 1240. The van der Waals surface area contributed by atoms with Crippen molar-refractivity contribution < 1.29 is 31.2 Å². The summed E-state index contributed by atoms with van der Waals surface area (Å²) in [6.45, 7) is 2.30. The average molecular weight is 589 g/mol. The first kappa shape index (κ1) is 30.0. The Labute approximate surface area is 222 Å². The zero-order valence-electron chi connectivity index (χ0n) is 19.4. The summed E-state index contributed by atoms with van der Waals surface area (Å²) in [5, 5.41) is 2.49. The molecule has 7 nitrogen and oxygen atoms in total. The Morgan fingerprint density at radius 3 is 2.22 bits per heavy atom. The number of alkyl halides is 3. The number of amides is 2. The first-order valence-corrected chi connectivity index (χ1v) is 13.4. The standard InChI is InChI=1S/C22H23Cl3F3N3O4S/c1-4-29-21(33)13(2)30(11-14-5-6-15(23)9-19(14)25)20(32)12-31(36(3,34)35)16-7-8-18(24)17(10-16)22(26,27)28/h5-10,13H,4,11-12H2,1-3H3,(H,29,33)/t13-/m1/s1. The summed E-state index contributed by atoms with van der Waals surface area (Å²) in [5.41, 5.74) is -1.26. The SMILES string of the molecule is CCNC(=O)[C@@H](C)N(Cc1ccc(Cl)cc1Cl)C(=O)CN(c1ccc(Cl)c(C(F)(F)F)c1)S(C)(=O)=O. The lowest BCUT2D eigenvalue weighted by Crippen LogP contribution is -2.51. The highest BCUT2D eigenvalue weighted by molar-refractivity contribution is 7.92. The number of anilines is 1. The Kier molecular flexibility index (Phi) is 9.91. The third kappa shape index (κ3) is 7.64. The number of rotatable bonds is 9. The number of nitrogens with one attached hydrogen (secondary N) is 1. The molecule has 0 saturated heterocycles. The first-order valence-electron chi connectivity index (χ1n) is 10.4. The van der Waals surface area contributed by atoms with Crippen LogP contribution in [0.5, 0.6) is 0 Å². The van der Waals surface area contributed by atoms with Gasteiger partial charge in [-0.05, 0) is 49.7 Å². The lowest BCUT2D eigenvalue weighted by molar-refractivity contribution is -0.139. The van der Waals surface area contributed by atoms with E-state index in [1.165, 1.54) is 19.1 Å². The molecule has 0 bridgehead atoms. The topological polar surface area (TPSA) is 86.8 Å². The van der Waals surface area contributed by atoms with Crippen LogP contribution in [0.2, 0.25) is 15.1 Å². The molecule has 0 unspecified atom stereocenters. The van der Waals surface area contributed by atoms with E-state index in [-0.39, 0.29) is 18.1 Å². The molecule has 0 aromatic heterocycles. The number of sulfonamides is 1. The number of nitrogens with zero attached hydrogens (tertiary/aromatic N) is 2. The van der Waals surface area contributed by atoms with Gasteiger partial charge in [-0.1, -0.05) is 40.9 Å². The zero-order valence-corrected chi connectivity index (χ0v) is 22.5. The Hall–Kier alpha value is -2.21. The molecule has 0 aliphatic rings. The fourth-order valence-corrected chi connectivity index (χ4v) is 4.77. The van der Waals surface area contributed by atoms with E-state index in [0.29, 0.717) is 21.0 Å². The molecule has 198 valence electrons. The van der Waals surface area contributed by atoms with E-state index in [4.69, 9.17) is 34.8 Å². The van der Waals surface area contributed by atoms with Crippen molar-refractivity contribution in [3.8, 4) is 0 Å². The van der Waals surface area contributed by atoms with Crippen LogP contribution in [0.4, 0.5) is 18.9 Å². The summed E-state index contributed by atoms with van der Waals surface area (Å²) in [6.07, 6.45) is -4.11. The summed E-state index contributed by atoms with van der Waals surface area (Å²) in [5.74, 6) is -1.37. The maximum absolute atomic E-state index is 13.4. The van der Waals surface area contributed by atoms with Crippen molar-refractivity contribution in [1.82, 2.24) is 10.2 Å². The van der Waals surface area contributed by atoms with Crippen molar-refractivity contribution >= 4 is 62.3 Å². The highest BCUT2D eigenvalue weighted by Crippen LogP contribution is 2.37. The second-order valence-corrected chi connectivity index (χ2v) is 10.9. The van der Waals surface area contributed by atoms with Gasteiger partial charge < -0.3 is 10.2 Å². The highest BCUT2D eigenvalue weighted by atomic mass is 35.5. The molecule has 2 aromatic rings. The van der Waals surface area contributed by atoms with Crippen LogP contribution >= 0.6 is 34.8 Å². The highest BCUT2D eigenvalue weighted by Gasteiger charge is 2.35. The van der Waals surface area contributed by atoms with Gasteiger partial charge in [0.1, 0.15) is 12.6 Å². The van der Waals surface area contributed by atoms with Crippen LogP contribution in [0.15, 0.2) is 36.4 Å². The van der Waals surface area contributed by atoms with Crippen LogP contribution in [-0.2, 0) is 32.3 Å². The monoisotopic (exact) mass is 587 g/mol. The van der Waals surface area contributed by atoms with Crippen LogP contribution < -0.4 is 9.62 Å². The lowest BCUT2D eigenvalue weighted by Gasteiger charge is -2.31. The fourth-order valence-electron chi connectivity index (χ4n) is 3.24. The van der Waals surface area contributed by atoms with Gasteiger partial charge in [-0.2, -0.15) is 13.2 Å². The third-order valence-electron chi connectivity index (χ3n) is 5.10. The molecular weight excluding hydrogens is 566 g/mol. The number of benzene rings is 2. The molecule has 0 aliphatic heterocycles. The molecule has 0 spiro atoms. The minimum absolute atomic E-state index is 0.195. The second kappa shape index (κ2) is 11.9. The van der Waals surface area contributed by atoms with Crippen LogP contribution in [-0.4, -0.2) is 50.5 Å². The van der Waals surface area contributed by atoms with Gasteiger partial charge in [-0.3, -0.25) is 13.9 Å². The van der Waals surface area contributed by atoms with E-state index < -0.39 is 56.9 Å². The predicted molar refractivity (Wildman–Crippen MR) is 134 cm³/mol.